The Morgan fingerprint density at radius 3 is 2.31 bits per heavy atom. The maximum absolute atomic E-state index is 11.3. The molecule has 1 rings (SSSR count). The fourth-order valence-electron chi connectivity index (χ4n) is 0.940. The summed E-state index contributed by atoms with van der Waals surface area (Å²) in [5.41, 5.74) is 0.741. The van der Waals surface area contributed by atoms with E-state index < -0.39 is 15.3 Å². The molecule has 0 atom stereocenters. The lowest BCUT2D eigenvalue weighted by atomic mass is 10.2. The Balaban J connectivity index is 2.61. The van der Waals surface area contributed by atoms with Crippen molar-refractivity contribution in [2.24, 2.45) is 0 Å². The first-order valence-electron chi connectivity index (χ1n) is 4.58. The van der Waals surface area contributed by atoms with E-state index in [1.54, 1.807) is 24.3 Å². The third kappa shape index (κ3) is 3.04. The number of sulfonamides is 1. The van der Waals surface area contributed by atoms with Crippen molar-refractivity contribution in [3.8, 4) is 0 Å². The first-order chi connectivity index (χ1) is 7.44. The van der Waals surface area contributed by atoms with Crippen LogP contribution >= 0.6 is 0 Å². The Morgan fingerprint density at radius 1 is 1.25 bits per heavy atom. The van der Waals surface area contributed by atoms with E-state index >= 15 is 0 Å². The average molecular weight is 243 g/mol. The van der Waals surface area contributed by atoms with E-state index in [2.05, 4.69) is 4.74 Å². The van der Waals surface area contributed by atoms with E-state index in [0.717, 1.165) is 9.87 Å². The summed E-state index contributed by atoms with van der Waals surface area (Å²) in [5, 5.41) is -1.23. The third-order valence-corrected chi connectivity index (χ3v) is 3.39. The smallest absolute Gasteiger partial charge is 0.440 e. The fraction of sp³-hybridized carbons (Fsp3) is 0.300. The Labute approximate surface area is 94.7 Å². The highest BCUT2D eigenvalue weighted by atomic mass is 32.2. The quantitative estimate of drug-likeness (QED) is 0.749. The van der Waals surface area contributed by atoms with Crippen molar-refractivity contribution < 1.29 is 17.9 Å². The molecule has 0 aromatic heterocycles. The number of carbonyl (C=O) groups excluding carboxylic acids is 1. The van der Waals surface area contributed by atoms with Gasteiger partial charge in [-0.2, -0.15) is 12.7 Å². The maximum atomic E-state index is 11.3. The van der Waals surface area contributed by atoms with Crippen LogP contribution in [0.4, 0.5) is 4.79 Å². The van der Waals surface area contributed by atoms with Crippen LogP contribution in [0.25, 0.3) is 0 Å². The molecule has 0 radical (unpaired) electrons. The lowest BCUT2D eigenvalue weighted by molar-refractivity contribution is 0.164. The molecule has 1 aromatic carbocycles. The van der Waals surface area contributed by atoms with Crippen LogP contribution in [0.3, 0.4) is 0 Å². The number of carbonyl (C=O) groups is 1. The number of rotatable bonds is 3. The van der Waals surface area contributed by atoms with Gasteiger partial charge in [-0.05, 0) is 5.56 Å². The van der Waals surface area contributed by atoms with Crippen LogP contribution in [0.1, 0.15) is 5.56 Å². The Bertz CT molecular complexity index is 453. The summed E-state index contributed by atoms with van der Waals surface area (Å²) in [6, 6.07) is 8.88. The second-order valence-corrected chi connectivity index (χ2v) is 5.33. The Hall–Kier alpha value is -1.40. The number of nitrogens with zero attached hydrogens (tertiary/aromatic N) is 1. The molecule has 0 fully saturated rings. The van der Waals surface area contributed by atoms with E-state index in [4.69, 9.17) is 0 Å². The summed E-state index contributed by atoms with van der Waals surface area (Å²) in [6.07, 6.45) is 0. The van der Waals surface area contributed by atoms with Gasteiger partial charge in [0.05, 0.1) is 0 Å². The summed E-state index contributed by atoms with van der Waals surface area (Å²) in [6.45, 7) is -0.0489. The van der Waals surface area contributed by atoms with E-state index in [9.17, 15) is 13.2 Å². The second-order valence-electron chi connectivity index (χ2n) is 3.31. The van der Waals surface area contributed by atoms with Crippen LogP contribution in [0.15, 0.2) is 30.3 Å². The van der Waals surface area contributed by atoms with Crippen LogP contribution in [-0.2, 0) is 21.4 Å². The lowest BCUT2D eigenvalue weighted by Crippen LogP contribution is -2.30. The SMILES string of the molecule is CN(C)S(=O)(=O)C(=O)OCc1ccccc1. The van der Waals surface area contributed by atoms with Gasteiger partial charge in [0.1, 0.15) is 6.61 Å². The molecule has 0 saturated carbocycles. The van der Waals surface area contributed by atoms with Crippen molar-refractivity contribution in [2.75, 3.05) is 14.1 Å². The molecule has 0 aliphatic rings. The molecule has 0 heterocycles. The predicted octanol–water partition coefficient (Wildman–Crippen LogP) is 1.21. The molecule has 0 N–H and O–H groups in total. The van der Waals surface area contributed by atoms with Gasteiger partial charge in [-0.15, -0.1) is 0 Å². The topological polar surface area (TPSA) is 63.7 Å². The van der Waals surface area contributed by atoms with Gasteiger partial charge in [0.15, 0.2) is 0 Å². The van der Waals surface area contributed by atoms with Gasteiger partial charge in [0.2, 0.25) is 0 Å². The van der Waals surface area contributed by atoms with E-state index in [1.807, 2.05) is 6.07 Å². The zero-order valence-electron chi connectivity index (χ0n) is 9.08. The zero-order valence-corrected chi connectivity index (χ0v) is 9.90. The Morgan fingerprint density at radius 2 is 1.81 bits per heavy atom. The highest BCUT2D eigenvalue weighted by Gasteiger charge is 2.26. The standard InChI is InChI=1S/C10H13NO4S/c1-11(2)16(13,14)10(12)15-8-9-6-4-3-5-7-9/h3-7H,8H2,1-2H3. The molecular formula is C10H13NO4S. The van der Waals surface area contributed by atoms with E-state index in [1.165, 1.54) is 14.1 Å². The van der Waals surface area contributed by atoms with Gasteiger partial charge in [-0.1, -0.05) is 30.3 Å². The van der Waals surface area contributed by atoms with Crippen molar-refractivity contribution in [3.63, 3.8) is 0 Å². The van der Waals surface area contributed by atoms with Crippen LogP contribution in [0.5, 0.6) is 0 Å². The Kier molecular flexibility index (Phi) is 4.03. The molecule has 0 amide bonds. The molecule has 0 aliphatic carbocycles. The average Bonchev–Trinajstić information content (AvgIpc) is 2.27. The van der Waals surface area contributed by atoms with Crippen LogP contribution in [0.2, 0.25) is 0 Å². The van der Waals surface area contributed by atoms with Crippen LogP contribution < -0.4 is 0 Å². The van der Waals surface area contributed by atoms with Gasteiger partial charge in [0, 0.05) is 14.1 Å². The minimum absolute atomic E-state index is 0.0489. The largest absolute Gasteiger partial charge is 0.448 e. The number of ether oxygens (including phenoxy) is 1. The molecule has 6 heteroatoms. The summed E-state index contributed by atoms with van der Waals surface area (Å²) in [7, 11) is -1.42. The molecule has 88 valence electrons. The van der Waals surface area contributed by atoms with Gasteiger partial charge < -0.3 is 4.74 Å². The van der Waals surface area contributed by atoms with Crippen molar-refractivity contribution in [2.45, 2.75) is 6.61 Å². The highest BCUT2D eigenvalue weighted by molar-refractivity contribution is 8.03. The van der Waals surface area contributed by atoms with Gasteiger partial charge >= 0.3 is 15.3 Å². The van der Waals surface area contributed by atoms with Gasteiger partial charge in [-0.3, -0.25) is 0 Å². The molecule has 1 aromatic rings. The second kappa shape index (κ2) is 5.09. The minimum atomic E-state index is -3.97. The molecular weight excluding hydrogens is 230 g/mol. The first kappa shape index (κ1) is 12.7. The van der Waals surface area contributed by atoms with Crippen molar-refractivity contribution in [3.05, 3.63) is 35.9 Å². The fourth-order valence-corrected chi connectivity index (χ4v) is 1.45. The lowest BCUT2D eigenvalue weighted by Gasteiger charge is -2.10. The van der Waals surface area contributed by atoms with Crippen molar-refractivity contribution >= 4 is 15.3 Å². The highest BCUT2D eigenvalue weighted by Crippen LogP contribution is 2.05. The monoisotopic (exact) mass is 243 g/mol. The van der Waals surface area contributed by atoms with Crippen molar-refractivity contribution in [1.29, 1.82) is 0 Å². The van der Waals surface area contributed by atoms with Gasteiger partial charge in [-0.25, -0.2) is 4.79 Å². The summed E-state index contributed by atoms with van der Waals surface area (Å²) < 4.78 is 28.1. The summed E-state index contributed by atoms with van der Waals surface area (Å²) in [4.78, 5) is 11.2. The van der Waals surface area contributed by atoms with E-state index in [-0.39, 0.29) is 6.61 Å². The van der Waals surface area contributed by atoms with E-state index in [0.29, 0.717) is 0 Å². The molecule has 16 heavy (non-hydrogen) atoms. The molecule has 0 spiro atoms. The van der Waals surface area contributed by atoms with Crippen LogP contribution in [-0.4, -0.2) is 32.1 Å². The van der Waals surface area contributed by atoms with Crippen molar-refractivity contribution in [1.82, 2.24) is 4.31 Å². The van der Waals surface area contributed by atoms with Gasteiger partial charge in [0.25, 0.3) is 0 Å². The maximum Gasteiger partial charge on any atom is 0.440 e. The first-order valence-corrected chi connectivity index (χ1v) is 6.02. The molecule has 0 saturated heterocycles. The number of hydrogen-bond acceptors (Lipinski definition) is 4. The summed E-state index contributed by atoms with van der Waals surface area (Å²) >= 11 is 0. The molecule has 0 bridgehead atoms. The minimum Gasteiger partial charge on any atom is -0.448 e. The zero-order chi connectivity index (χ0) is 12.2. The molecule has 5 nitrogen and oxygen atoms in total. The third-order valence-electron chi connectivity index (χ3n) is 1.89. The number of benzene rings is 1. The predicted molar refractivity (Wildman–Crippen MR) is 59.2 cm³/mol. The number of hydrogen-bond donors (Lipinski definition) is 0. The normalized spacial score (nSPS) is 11.4. The molecule has 0 aliphatic heterocycles. The molecule has 0 unspecified atom stereocenters. The summed E-state index contributed by atoms with van der Waals surface area (Å²) in [5.74, 6) is 0. The van der Waals surface area contributed by atoms with Crippen LogP contribution in [0, 0.1) is 0 Å².